The molecule has 1 aromatic carbocycles. The van der Waals surface area contributed by atoms with Gasteiger partial charge in [0.05, 0.1) is 11.1 Å². The maximum Gasteiger partial charge on any atom is 0.326 e. The molecule has 4 aromatic rings. The molecule has 242 valence electrons. The summed E-state index contributed by atoms with van der Waals surface area (Å²) in [7, 11) is 0. The molecule has 46 heavy (non-hydrogen) atoms. The average Bonchev–Trinajstić information content (AvgIpc) is 3.45. The van der Waals surface area contributed by atoms with Crippen molar-refractivity contribution in [3.63, 3.8) is 0 Å². The predicted octanol–water partition coefficient (Wildman–Crippen LogP) is 3.06. The number of aliphatic carboxylic acids is 1. The Balaban J connectivity index is 1.53. The number of rotatable bonds is 16. The summed E-state index contributed by atoms with van der Waals surface area (Å²) in [5.74, 6) is -2.64. The van der Waals surface area contributed by atoms with Gasteiger partial charge in [0.1, 0.15) is 12.1 Å². The molecule has 12 nitrogen and oxygen atoms in total. The van der Waals surface area contributed by atoms with Gasteiger partial charge in [-0.2, -0.15) is 12.6 Å². The smallest absolute Gasteiger partial charge is 0.326 e. The highest BCUT2D eigenvalue weighted by atomic mass is 32.1. The zero-order valence-electron chi connectivity index (χ0n) is 25.5. The maximum atomic E-state index is 13.7. The minimum absolute atomic E-state index is 0.0725. The topological polar surface area (TPSA) is 192 Å². The van der Waals surface area contributed by atoms with E-state index < -0.39 is 47.2 Å². The number of fused-ring (bicyclic) bond motifs is 1. The third kappa shape index (κ3) is 9.62. The zero-order chi connectivity index (χ0) is 33.1. The molecular weight excluding hydrogens is 606 g/mol. The summed E-state index contributed by atoms with van der Waals surface area (Å²) in [6, 6.07) is 11.3. The summed E-state index contributed by atoms with van der Waals surface area (Å²) < 4.78 is 0. The lowest BCUT2D eigenvalue weighted by Gasteiger charge is -2.24. The number of amides is 3. The molecule has 7 N–H and O–H groups in total. The summed E-state index contributed by atoms with van der Waals surface area (Å²) in [6.07, 6.45) is 8.40. The first-order chi connectivity index (χ1) is 22.1. The van der Waals surface area contributed by atoms with Crippen molar-refractivity contribution in [2.24, 2.45) is 5.73 Å². The van der Waals surface area contributed by atoms with Gasteiger partial charge in [0, 0.05) is 60.1 Å². The number of carbonyl (C=O) groups excluding carboxylic acids is 3. The van der Waals surface area contributed by atoms with Crippen molar-refractivity contribution in [3.8, 4) is 0 Å². The monoisotopic (exact) mass is 645 g/mol. The van der Waals surface area contributed by atoms with Crippen LogP contribution in [0, 0.1) is 0 Å². The molecule has 0 bridgehead atoms. The van der Waals surface area contributed by atoms with Gasteiger partial charge in [-0.1, -0.05) is 38.0 Å². The third-order valence-electron chi connectivity index (χ3n) is 7.56. The Kier molecular flexibility index (Phi) is 12.3. The number of carbonyl (C=O) groups is 4. The summed E-state index contributed by atoms with van der Waals surface area (Å²) in [4.78, 5) is 63.5. The lowest BCUT2D eigenvalue weighted by Crippen LogP contribution is -2.52. The molecule has 0 aliphatic rings. The maximum absolute atomic E-state index is 13.7. The van der Waals surface area contributed by atoms with Crippen LogP contribution in [0.25, 0.3) is 10.9 Å². The first-order valence-corrected chi connectivity index (χ1v) is 15.6. The van der Waals surface area contributed by atoms with Crippen LogP contribution in [-0.2, 0) is 27.2 Å². The number of pyridine rings is 2. The molecule has 3 amide bonds. The van der Waals surface area contributed by atoms with Crippen LogP contribution in [0.5, 0.6) is 0 Å². The van der Waals surface area contributed by atoms with E-state index >= 15 is 0 Å². The molecule has 3 aromatic heterocycles. The lowest BCUT2D eigenvalue weighted by atomic mass is 10.00. The van der Waals surface area contributed by atoms with E-state index in [1.54, 1.807) is 24.5 Å². The molecule has 3 heterocycles. The number of nitrogens with two attached hydrogens (primary N) is 1. The Morgan fingerprint density at radius 2 is 1.74 bits per heavy atom. The Hall–Kier alpha value is -4.75. The molecule has 4 rings (SSSR count). The molecule has 0 radical (unpaired) electrons. The number of hydrogen-bond donors (Lipinski definition) is 7. The molecule has 13 heteroatoms. The molecule has 0 saturated carbocycles. The number of aromatic amines is 1. The van der Waals surface area contributed by atoms with Gasteiger partial charge in [0.15, 0.2) is 0 Å². The Bertz CT molecular complexity index is 1650. The standard InChI is InChI=1S/C33H39N7O5S/c1-2-3-7-26(40-31(42)21-11-14-36-27(17-21)30(34)46)32(43)38-23(16-22-19-37-25-8-5-4-6-24(22)25)18-29(41)39-28(33(44)45)15-20-9-12-35-13-10-20/h4-6,8-14,17,19,23,26,28,30,37,46H,2-3,7,15-16,18,34H2,1H3,(H,38,43)(H,39,41)(H,40,42)(H,44,45)/t23-,26-,28+,30?/m1/s1. The first kappa shape index (κ1) is 34.1. The molecule has 0 spiro atoms. The summed E-state index contributed by atoms with van der Waals surface area (Å²) in [5, 5.41) is 18.5. The second-order valence-corrected chi connectivity index (χ2v) is 11.6. The van der Waals surface area contributed by atoms with Crippen LogP contribution in [0.4, 0.5) is 0 Å². The van der Waals surface area contributed by atoms with E-state index in [0.29, 0.717) is 24.1 Å². The van der Waals surface area contributed by atoms with Crippen molar-refractivity contribution in [1.29, 1.82) is 0 Å². The van der Waals surface area contributed by atoms with Crippen LogP contribution in [0.3, 0.4) is 0 Å². The zero-order valence-corrected chi connectivity index (χ0v) is 26.4. The van der Waals surface area contributed by atoms with E-state index in [4.69, 9.17) is 5.73 Å². The third-order valence-corrected chi connectivity index (χ3v) is 7.82. The van der Waals surface area contributed by atoms with Gasteiger partial charge in [-0.15, -0.1) is 0 Å². The number of carboxylic acid groups (broad SMARTS) is 1. The lowest BCUT2D eigenvalue weighted by molar-refractivity contribution is -0.142. The van der Waals surface area contributed by atoms with Gasteiger partial charge in [-0.3, -0.25) is 24.4 Å². The fourth-order valence-corrected chi connectivity index (χ4v) is 5.28. The van der Waals surface area contributed by atoms with Crippen LogP contribution >= 0.6 is 12.6 Å². The van der Waals surface area contributed by atoms with Gasteiger partial charge < -0.3 is 31.8 Å². The summed E-state index contributed by atoms with van der Waals surface area (Å²) >= 11 is 4.18. The number of carboxylic acids is 1. The Morgan fingerprint density at radius 1 is 0.978 bits per heavy atom. The van der Waals surface area contributed by atoms with Crippen molar-refractivity contribution in [2.45, 2.75) is 68.9 Å². The minimum atomic E-state index is -1.18. The molecular formula is C33H39N7O5S. The Morgan fingerprint density at radius 3 is 2.46 bits per heavy atom. The van der Waals surface area contributed by atoms with Gasteiger partial charge in [-0.25, -0.2) is 4.79 Å². The van der Waals surface area contributed by atoms with Crippen LogP contribution < -0.4 is 21.7 Å². The number of nitrogens with one attached hydrogen (secondary N) is 4. The van der Waals surface area contributed by atoms with Crippen LogP contribution in [-0.4, -0.2) is 61.9 Å². The van der Waals surface area contributed by atoms with Gasteiger partial charge in [0.2, 0.25) is 11.8 Å². The van der Waals surface area contributed by atoms with Crippen molar-refractivity contribution in [1.82, 2.24) is 30.9 Å². The van der Waals surface area contributed by atoms with Gasteiger partial charge in [0.25, 0.3) is 5.91 Å². The quantitative estimate of drug-likeness (QED) is 0.0714. The molecule has 4 atom stereocenters. The molecule has 0 saturated heterocycles. The second-order valence-electron chi connectivity index (χ2n) is 11.1. The number of para-hydroxylation sites is 1. The SMILES string of the molecule is CCCC[C@@H](NC(=O)c1ccnc(C(N)S)c1)C(=O)N[C@@H](CC(=O)N[C@@H](Cc1ccncc1)C(=O)O)Cc1c[nH]c2ccccc12. The van der Waals surface area contributed by atoms with E-state index in [9.17, 15) is 24.3 Å². The highest BCUT2D eigenvalue weighted by Gasteiger charge is 2.27. The predicted molar refractivity (Wildman–Crippen MR) is 177 cm³/mol. The number of hydrogen-bond acceptors (Lipinski definition) is 8. The largest absolute Gasteiger partial charge is 0.480 e. The first-order valence-electron chi connectivity index (χ1n) is 15.1. The highest BCUT2D eigenvalue weighted by molar-refractivity contribution is 7.80. The van der Waals surface area contributed by atoms with E-state index in [2.05, 4.69) is 43.5 Å². The van der Waals surface area contributed by atoms with Crippen molar-refractivity contribution in [3.05, 3.63) is 95.7 Å². The van der Waals surface area contributed by atoms with Crippen LogP contribution in [0.2, 0.25) is 0 Å². The molecule has 0 fully saturated rings. The molecule has 1 unspecified atom stereocenters. The van der Waals surface area contributed by atoms with Gasteiger partial charge >= 0.3 is 5.97 Å². The average molecular weight is 646 g/mol. The van der Waals surface area contributed by atoms with E-state index in [0.717, 1.165) is 22.9 Å². The highest BCUT2D eigenvalue weighted by Crippen LogP contribution is 2.20. The molecule has 0 aliphatic carbocycles. The van der Waals surface area contributed by atoms with E-state index in [-0.39, 0.29) is 24.8 Å². The van der Waals surface area contributed by atoms with Crippen molar-refractivity contribution < 1.29 is 24.3 Å². The summed E-state index contributed by atoms with van der Waals surface area (Å²) in [6.45, 7) is 1.98. The van der Waals surface area contributed by atoms with E-state index in [1.807, 2.05) is 37.4 Å². The number of nitrogens with zero attached hydrogens (tertiary/aromatic N) is 2. The Labute approximate surface area is 272 Å². The number of unbranched alkanes of at least 4 members (excludes halogenated alkanes) is 1. The van der Waals surface area contributed by atoms with Crippen molar-refractivity contribution >= 4 is 47.2 Å². The number of aromatic nitrogens is 3. The van der Waals surface area contributed by atoms with Crippen LogP contribution in [0.1, 0.15) is 65.2 Å². The minimum Gasteiger partial charge on any atom is -0.480 e. The number of benzene rings is 1. The van der Waals surface area contributed by atoms with Crippen LogP contribution in [0.15, 0.2) is 73.3 Å². The molecule has 0 aliphatic heterocycles. The second kappa shape index (κ2) is 16.5. The van der Waals surface area contributed by atoms with E-state index in [1.165, 1.54) is 18.3 Å². The van der Waals surface area contributed by atoms with Crippen molar-refractivity contribution in [2.75, 3.05) is 0 Å². The fourth-order valence-electron chi connectivity index (χ4n) is 5.14. The normalized spacial score (nSPS) is 13.7. The van der Waals surface area contributed by atoms with Gasteiger partial charge in [-0.05, 0) is 54.3 Å². The summed E-state index contributed by atoms with van der Waals surface area (Å²) in [5.41, 5.74) is 8.99. The number of H-pyrrole nitrogens is 1. The number of thiol groups is 1. The fraction of sp³-hybridized carbons (Fsp3) is 0.333.